The van der Waals surface area contributed by atoms with Crippen molar-refractivity contribution in [2.45, 2.75) is 0 Å². The molecule has 2 heterocycles. The number of rotatable bonds is 4. The Morgan fingerprint density at radius 1 is 0.405 bits per heavy atom. The van der Waals surface area contributed by atoms with Crippen LogP contribution in [-0.2, 0) is 0 Å². The van der Waals surface area contributed by atoms with Crippen molar-refractivity contribution in [3.05, 3.63) is 97.1 Å². The molecule has 42 heavy (non-hydrogen) atoms. The first-order valence-corrected chi connectivity index (χ1v) is 14.3. The van der Waals surface area contributed by atoms with Gasteiger partial charge in [-0.05, 0) is 41.5 Å². The van der Waals surface area contributed by atoms with Gasteiger partial charge in [-0.1, -0.05) is 77.7 Å². The molecule has 0 unspecified atom stereocenters. The molecular weight excluding hydrogens is 508 g/mol. The van der Waals surface area contributed by atoms with E-state index in [2.05, 4.69) is 63.5 Å². The van der Waals surface area contributed by atoms with Gasteiger partial charge in [-0.15, -0.1) is 16.4 Å². The van der Waals surface area contributed by atoms with Crippen molar-refractivity contribution in [1.29, 1.82) is 0 Å². The van der Waals surface area contributed by atoms with E-state index in [1.807, 2.05) is 72.8 Å². The summed E-state index contributed by atoms with van der Waals surface area (Å²) in [7, 11) is 11.1. The molecule has 0 bridgehead atoms. The summed E-state index contributed by atoms with van der Waals surface area (Å²) in [6, 6.07) is 32.9. The third-order valence-electron chi connectivity index (χ3n) is 8.72. The van der Waals surface area contributed by atoms with E-state index in [1.165, 1.54) is 38.4 Å². The minimum atomic E-state index is 0.632. The number of furan rings is 1. The summed E-state index contributed by atoms with van der Waals surface area (Å²) in [4.78, 5) is 14.7. The van der Waals surface area contributed by atoms with Gasteiger partial charge in [0.25, 0.3) is 0 Å². The fraction of sp³-hybridized carbons (Fsp3) is 0. The van der Waals surface area contributed by atoms with E-state index in [-0.39, 0.29) is 0 Å². The van der Waals surface area contributed by atoms with E-state index in [0.29, 0.717) is 17.5 Å². The van der Waals surface area contributed by atoms with Crippen LogP contribution in [0.2, 0.25) is 0 Å². The average Bonchev–Trinajstić information content (AvgIpc) is 3.41. The predicted molar refractivity (Wildman–Crippen MR) is 190 cm³/mol. The number of fused-ring (bicyclic) bond motifs is 3. The zero-order valence-electron chi connectivity index (χ0n) is 24.5. The molecule has 7 aromatic rings. The molecule has 0 spiro atoms. The normalized spacial score (nSPS) is 11.3. The number of nitrogens with zero attached hydrogens (tertiary/aromatic N) is 3. The summed E-state index contributed by atoms with van der Waals surface area (Å²) in [5.41, 5.74) is 13.7. The van der Waals surface area contributed by atoms with Gasteiger partial charge < -0.3 is 4.42 Å². The van der Waals surface area contributed by atoms with Gasteiger partial charge in [0.2, 0.25) is 0 Å². The van der Waals surface area contributed by atoms with Gasteiger partial charge in [0, 0.05) is 27.5 Å². The lowest BCUT2D eigenvalue weighted by Gasteiger charge is -2.20. The molecule has 0 atom stereocenters. The van der Waals surface area contributed by atoms with Crippen LogP contribution in [0.4, 0.5) is 0 Å². The first-order chi connectivity index (χ1) is 20.4. The third-order valence-corrected chi connectivity index (χ3v) is 8.72. The third kappa shape index (κ3) is 4.37. The van der Waals surface area contributed by atoms with Gasteiger partial charge >= 0.3 is 0 Å². The van der Waals surface area contributed by atoms with E-state index in [9.17, 15) is 0 Å². The fourth-order valence-corrected chi connectivity index (χ4v) is 5.94. The lowest BCUT2D eigenvalue weighted by Crippen LogP contribution is -2.55. The molecule has 0 radical (unpaired) electrons. The Balaban J connectivity index is 1.38. The Bertz CT molecular complexity index is 2060. The number of hydrogen-bond acceptors (Lipinski definition) is 4. The van der Waals surface area contributed by atoms with Crippen molar-refractivity contribution in [3.8, 4) is 45.3 Å². The van der Waals surface area contributed by atoms with E-state index in [0.717, 1.165) is 38.6 Å². The summed E-state index contributed by atoms with van der Waals surface area (Å²) >= 11 is 0. The maximum Gasteiger partial charge on any atom is 0.164 e. The lowest BCUT2D eigenvalue weighted by molar-refractivity contribution is 0.669. The first-order valence-electron chi connectivity index (χ1n) is 14.3. The van der Waals surface area contributed by atoms with Crippen LogP contribution in [0.25, 0.3) is 67.2 Å². The Kier molecular flexibility index (Phi) is 6.39. The van der Waals surface area contributed by atoms with Crippen LogP contribution in [-0.4, -0.2) is 54.2 Å². The summed E-state index contributed by atoms with van der Waals surface area (Å²) in [5.74, 6) is 1.93. The molecule has 7 rings (SSSR count). The van der Waals surface area contributed by atoms with E-state index in [1.54, 1.807) is 0 Å². The molecular formula is C33H26B5N3O. The molecule has 0 saturated heterocycles. The largest absolute Gasteiger partial charge is 0.456 e. The summed E-state index contributed by atoms with van der Waals surface area (Å²) in [6.07, 6.45) is 0. The van der Waals surface area contributed by atoms with Crippen LogP contribution in [0.15, 0.2) is 101 Å². The average molecular weight is 535 g/mol. The molecule has 0 aliphatic carbocycles. The molecule has 0 aliphatic rings. The molecule has 4 nitrogen and oxygen atoms in total. The quantitative estimate of drug-likeness (QED) is 0.292. The molecule has 0 amide bonds. The van der Waals surface area contributed by atoms with Crippen molar-refractivity contribution in [1.82, 2.24) is 15.0 Å². The molecule has 2 aromatic heterocycles. The maximum atomic E-state index is 6.40. The second-order valence-corrected chi connectivity index (χ2v) is 11.1. The molecule has 0 aliphatic heterocycles. The zero-order valence-corrected chi connectivity index (χ0v) is 24.5. The number of aromatic nitrogens is 3. The van der Waals surface area contributed by atoms with Gasteiger partial charge in [0.05, 0.1) is 0 Å². The van der Waals surface area contributed by atoms with E-state index in [4.69, 9.17) is 19.4 Å². The monoisotopic (exact) mass is 535 g/mol. The van der Waals surface area contributed by atoms with Crippen molar-refractivity contribution < 1.29 is 4.42 Å². The van der Waals surface area contributed by atoms with E-state index >= 15 is 0 Å². The summed E-state index contributed by atoms with van der Waals surface area (Å²) in [5, 5.41) is 2.12. The van der Waals surface area contributed by atoms with Gasteiger partial charge in [-0.2, -0.15) is 0 Å². The van der Waals surface area contributed by atoms with Crippen molar-refractivity contribution in [3.63, 3.8) is 0 Å². The highest BCUT2D eigenvalue weighted by atomic mass is 16.3. The van der Waals surface area contributed by atoms with Crippen LogP contribution in [0.5, 0.6) is 0 Å². The fourth-order valence-electron chi connectivity index (χ4n) is 5.94. The number of hydrogen-bond donors (Lipinski definition) is 0. The number of benzene rings is 5. The Labute approximate surface area is 249 Å². The molecule has 0 N–H and O–H groups in total. The van der Waals surface area contributed by atoms with Gasteiger partial charge in [0.1, 0.15) is 50.4 Å². The Morgan fingerprint density at radius 3 is 1.48 bits per heavy atom. The predicted octanol–water partition coefficient (Wildman–Crippen LogP) is -0.269. The molecule has 0 saturated carbocycles. The van der Waals surface area contributed by atoms with Crippen molar-refractivity contribution in [2.75, 3.05) is 0 Å². The highest BCUT2D eigenvalue weighted by molar-refractivity contribution is 6.68. The lowest BCUT2D eigenvalue weighted by atomic mass is 9.59. The Morgan fingerprint density at radius 2 is 0.905 bits per heavy atom. The second kappa shape index (κ2) is 10.3. The standard InChI is InChI=1S/C33H26B5N3O/c34-26-25(27(35)29(37)30(38)28(26)36)19-11-13-21-22-15-20(12-14-23(22)42-24(21)16-19)33-40-31(17-7-3-1-4-8-17)39-32(41-33)18-9-5-2-6-10-18/h1-16H,34-38H2. The van der Waals surface area contributed by atoms with E-state index < -0.39 is 0 Å². The van der Waals surface area contributed by atoms with Crippen LogP contribution >= 0.6 is 0 Å². The van der Waals surface area contributed by atoms with Gasteiger partial charge in [-0.25, -0.2) is 15.0 Å². The minimum absolute atomic E-state index is 0.632. The van der Waals surface area contributed by atoms with Crippen LogP contribution in [0.3, 0.4) is 0 Å². The van der Waals surface area contributed by atoms with Gasteiger partial charge in [-0.3, -0.25) is 0 Å². The maximum absolute atomic E-state index is 6.40. The van der Waals surface area contributed by atoms with Crippen molar-refractivity contribution >= 4 is 88.5 Å². The minimum Gasteiger partial charge on any atom is -0.456 e. The van der Waals surface area contributed by atoms with Crippen LogP contribution in [0, 0.1) is 0 Å². The molecule has 194 valence electrons. The van der Waals surface area contributed by atoms with Crippen molar-refractivity contribution in [2.24, 2.45) is 0 Å². The highest BCUT2D eigenvalue weighted by Gasteiger charge is 2.17. The second-order valence-electron chi connectivity index (χ2n) is 11.1. The topological polar surface area (TPSA) is 51.8 Å². The van der Waals surface area contributed by atoms with Gasteiger partial charge in [0.15, 0.2) is 17.5 Å². The molecule has 9 heteroatoms. The zero-order chi connectivity index (χ0) is 29.0. The van der Waals surface area contributed by atoms with Crippen LogP contribution < -0.4 is 27.3 Å². The Hall–Kier alpha value is -4.77. The molecule has 5 aromatic carbocycles. The summed E-state index contributed by atoms with van der Waals surface area (Å²) in [6.45, 7) is 0. The first kappa shape index (κ1) is 26.2. The smallest absolute Gasteiger partial charge is 0.164 e. The summed E-state index contributed by atoms with van der Waals surface area (Å²) < 4.78 is 6.40. The van der Waals surface area contributed by atoms with Crippen LogP contribution in [0.1, 0.15) is 0 Å². The highest BCUT2D eigenvalue weighted by Crippen LogP contribution is 2.34. The SMILES string of the molecule is Bc1c(B)c(B)c(-c2ccc3c(c2)oc2ccc(-c4nc(-c5ccccc5)nc(-c5ccccc5)n4)cc23)c(B)c1B. The molecule has 0 fully saturated rings.